The number of aliphatic imine (C=N–C) groups is 1. The van der Waals surface area contributed by atoms with E-state index in [1.807, 2.05) is 39.0 Å². The summed E-state index contributed by atoms with van der Waals surface area (Å²) >= 11 is 0. The monoisotopic (exact) mass is 386 g/mol. The number of rotatable bonds is 4. The summed E-state index contributed by atoms with van der Waals surface area (Å²) < 4.78 is 5.35. The molecular weight excluding hydrogens is 356 g/mol. The van der Waals surface area contributed by atoms with Crippen LogP contribution >= 0.6 is 0 Å². The van der Waals surface area contributed by atoms with E-state index in [0.717, 1.165) is 44.4 Å². The molecule has 0 bridgehead atoms. The summed E-state index contributed by atoms with van der Waals surface area (Å²) in [7, 11) is 0. The lowest BCUT2D eigenvalue weighted by molar-refractivity contribution is 0.318. The molecule has 2 aromatic rings. The van der Waals surface area contributed by atoms with Gasteiger partial charge in [0.15, 0.2) is 11.8 Å². The Morgan fingerprint density at radius 2 is 1.93 bits per heavy atom. The highest BCUT2D eigenvalue weighted by molar-refractivity contribution is 5.80. The van der Waals surface area contributed by atoms with E-state index >= 15 is 0 Å². The van der Waals surface area contributed by atoms with Crippen LogP contribution in [-0.4, -0.2) is 58.8 Å². The topological polar surface area (TPSA) is 90.0 Å². The van der Waals surface area contributed by atoms with E-state index in [4.69, 9.17) is 9.52 Å². The average molecular weight is 387 g/mol. The normalized spacial score (nSPS) is 15.8. The molecule has 1 saturated heterocycles. The number of anilines is 1. The van der Waals surface area contributed by atoms with Crippen LogP contribution in [0.4, 0.5) is 5.69 Å². The SMILES string of the molecule is CCNC(=NCc1noc(C(C)(C)C)n1)N1CCN(c2ccccc2O)CC1. The van der Waals surface area contributed by atoms with Gasteiger partial charge in [-0.1, -0.05) is 38.1 Å². The Balaban J connectivity index is 1.64. The molecule has 8 nitrogen and oxygen atoms in total. The van der Waals surface area contributed by atoms with Crippen LogP contribution in [0.15, 0.2) is 33.8 Å². The summed E-state index contributed by atoms with van der Waals surface area (Å²) in [6, 6.07) is 7.47. The Kier molecular flexibility index (Phi) is 6.06. The van der Waals surface area contributed by atoms with E-state index in [1.54, 1.807) is 6.07 Å². The van der Waals surface area contributed by atoms with Gasteiger partial charge in [0.05, 0.1) is 5.69 Å². The van der Waals surface area contributed by atoms with Crippen molar-refractivity contribution < 1.29 is 9.63 Å². The van der Waals surface area contributed by atoms with Gasteiger partial charge in [-0.25, -0.2) is 4.99 Å². The zero-order valence-electron chi connectivity index (χ0n) is 17.1. The molecular formula is C20H30N6O2. The van der Waals surface area contributed by atoms with Gasteiger partial charge in [-0.15, -0.1) is 0 Å². The van der Waals surface area contributed by atoms with Crippen LogP contribution in [0.3, 0.4) is 0 Å². The Hall–Kier alpha value is -2.77. The zero-order valence-corrected chi connectivity index (χ0v) is 17.1. The molecule has 1 fully saturated rings. The summed E-state index contributed by atoms with van der Waals surface area (Å²) in [5.41, 5.74) is 0.712. The lowest BCUT2D eigenvalue weighted by Gasteiger charge is -2.37. The molecule has 3 rings (SSSR count). The Morgan fingerprint density at radius 1 is 1.21 bits per heavy atom. The van der Waals surface area contributed by atoms with Gasteiger partial charge >= 0.3 is 0 Å². The van der Waals surface area contributed by atoms with Gasteiger partial charge in [-0.3, -0.25) is 0 Å². The van der Waals surface area contributed by atoms with Crippen molar-refractivity contribution >= 4 is 11.6 Å². The second-order valence-corrected chi connectivity index (χ2v) is 7.90. The van der Waals surface area contributed by atoms with Gasteiger partial charge in [0.25, 0.3) is 0 Å². The zero-order chi connectivity index (χ0) is 20.1. The standard InChI is InChI=1S/C20H30N6O2/c1-5-21-19(22-14-17-23-18(28-24-17)20(2,3)4)26-12-10-25(11-13-26)15-8-6-7-9-16(15)27/h6-9,27H,5,10-14H2,1-4H3,(H,21,22). The van der Waals surface area contributed by atoms with Crippen molar-refractivity contribution in [3.63, 3.8) is 0 Å². The maximum absolute atomic E-state index is 10.1. The first-order valence-corrected chi connectivity index (χ1v) is 9.77. The molecule has 0 saturated carbocycles. The number of aromatic hydroxyl groups is 1. The van der Waals surface area contributed by atoms with E-state index in [-0.39, 0.29) is 5.41 Å². The third-order valence-electron chi connectivity index (χ3n) is 4.62. The van der Waals surface area contributed by atoms with Crippen molar-refractivity contribution in [2.75, 3.05) is 37.6 Å². The molecule has 8 heteroatoms. The molecule has 2 N–H and O–H groups in total. The third kappa shape index (κ3) is 4.74. The largest absolute Gasteiger partial charge is 0.506 e. The van der Waals surface area contributed by atoms with Gasteiger partial charge in [0.1, 0.15) is 12.3 Å². The maximum atomic E-state index is 10.1. The quantitative estimate of drug-likeness (QED) is 0.616. The molecule has 0 atom stereocenters. The van der Waals surface area contributed by atoms with Crippen molar-refractivity contribution in [1.82, 2.24) is 20.4 Å². The lowest BCUT2D eigenvalue weighted by Crippen LogP contribution is -2.52. The van der Waals surface area contributed by atoms with Crippen LogP contribution in [0.1, 0.15) is 39.4 Å². The van der Waals surface area contributed by atoms with Crippen molar-refractivity contribution in [2.24, 2.45) is 4.99 Å². The number of hydrogen-bond donors (Lipinski definition) is 2. The minimum absolute atomic E-state index is 0.168. The highest BCUT2D eigenvalue weighted by Crippen LogP contribution is 2.27. The van der Waals surface area contributed by atoms with Crippen LogP contribution in [-0.2, 0) is 12.0 Å². The van der Waals surface area contributed by atoms with Crippen LogP contribution in [0.5, 0.6) is 5.75 Å². The predicted molar refractivity (Wildman–Crippen MR) is 110 cm³/mol. The first kappa shape index (κ1) is 20.0. The number of phenolic OH excluding ortho intramolecular Hbond substituents is 1. The van der Waals surface area contributed by atoms with Crippen LogP contribution < -0.4 is 10.2 Å². The fraction of sp³-hybridized carbons (Fsp3) is 0.550. The minimum Gasteiger partial charge on any atom is -0.506 e. The summed E-state index contributed by atoms with van der Waals surface area (Å²) in [6.45, 7) is 12.6. The Bertz CT molecular complexity index is 803. The Labute approximate surface area is 166 Å². The number of piperazine rings is 1. The van der Waals surface area contributed by atoms with Gasteiger partial charge in [0, 0.05) is 38.1 Å². The highest BCUT2D eigenvalue weighted by Gasteiger charge is 2.23. The van der Waals surface area contributed by atoms with Crippen molar-refractivity contribution in [1.29, 1.82) is 0 Å². The summed E-state index contributed by atoms with van der Waals surface area (Å²) in [4.78, 5) is 13.6. The van der Waals surface area contributed by atoms with E-state index in [0.29, 0.717) is 24.0 Å². The number of nitrogens with one attached hydrogen (secondary N) is 1. The highest BCUT2D eigenvalue weighted by atomic mass is 16.5. The van der Waals surface area contributed by atoms with E-state index in [9.17, 15) is 5.11 Å². The second-order valence-electron chi connectivity index (χ2n) is 7.90. The predicted octanol–water partition coefficient (Wildman–Crippen LogP) is 2.36. The van der Waals surface area contributed by atoms with Crippen molar-refractivity contribution in [3.05, 3.63) is 36.0 Å². The second kappa shape index (κ2) is 8.50. The molecule has 1 aromatic carbocycles. The summed E-state index contributed by atoms with van der Waals surface area (Å²) in [6.07, 6.45) is 0. The van der Waals surface area contributed by atoms with Crippen molar-refractivity contribution in [2.45, 2.75) is 39.7 Å². The number of aromatic nitrogens is 2. The van der Waals surface area contributed by atoms with Crippen LogP contribution in [0, 0.1) is 0 Å². The number of nitrogens with zero attached hydrogens (tertiary/aromatic N) is 5. The fourth-order valence-electron chi connectivity index (χ4n) is 3.08. The molecule has 28 heavy (non-hydrogen) atoms. The lowest BCUT2D eigenvalue weighted by atomic mass is 9.97. The number of hydrogen-bond acceptors (Lipinski definition) is 6. The molecule has 2 heterocycles. The van der Waals surface area contributed by atoms with Crippen molar-refractivity contribution in [3.8, 4) is 5.75 Å². The first-order valence-electron chi connectivity index (χ1n) is 9.77. The third-order valence-corrected chi connectivity index (χ3v) is 4.62. The van der Waals surface area contributed by atoms with Gasteiger partial charge in [-0.2, -0.15) is 4.98 Å². The van der Waals surface area contributed by atoms with E-state index in [2.05, 4.69) is 32.2 Å². The first-order chi connectivity index (χ1) is 13.4. The molecule has 0 aliphatic carbocycles. The molecule has 152 valence electrons. The Morgan fingerprint density at radius 3 is 2.54 bits per heavy atom. The number of guanidine groups is 1. The van der Waals surface area contributed by atoms with Gasteiger partial charge in [-0.05, 0) is 19.1 Å². The molecule has 1 aromatic heterocycles. The van der Waals surface area contributed by atoms with Gasteiger partial charge in [0.2, 0.25) is 5.89 Å². The summed E-state index contributed by atoms with van der Waals surface area (Å²) in [5, 5.41) is 17.5. The fourth-order valence-corrected chi connectivity index (χ4v) is 3.08. The molecule has 1 aliphatic heterocycles. The van der Waals surface area contributed by atoms with E-state index < -0.39 is 0 Å². The van der Waals surface area contributed by atoms with E-state index in [1.165, 1.54) is 0 Å². The molecule has 1 aliphatic rings. The minimum atomic E-state index is -0.168. The average Bonchev–Trinajstić information content (AvgIpc) is 3.15. The van der Waals surface area contributed by atoms with Gasteiger partial charge < -0.3 is 24.7 Å². The number of benzene rings is 1. The maximum Gasteiger partial charge on any atom is 0.232 e. The smallest absolute Gasteiger partial charge is 0.232 e. The molecule has 0 amide bonds. The molecule has 0 unspecified atom stereocenters. The summed E-state index contributed by atoms with van der Waals surface area (Å²) in [5.74, 6) is 2.39. The van der Waals surface area contributed by atoms with Crippen LogP contribution in [0.25, 0.3) is 0 Å². The number of para-hydroxylation sites is 2. The van der Waals surface area contributed by atoms with Crippen LogP contribution in [0.2, 0.25) is 0 Å². The number of phenols is 1. The molecule has 0 spiro atoms. The molecule has 0 radical (unpaired) electrons.